The highest BCUT2D eigenvalue weighted by Gasteiger charge is 2.09. The van der Waals surface area contributed by atoms with Crippen molar-refractivity contribution in [1.82, 2.24) is 5.43 Å². The minimum Gasteiger partial charge on any atom is -0.507 e. The van der Waals surface area contributed by atoms with Crippen molar-refractivity contribution < 1.29 is 24.1 Å². The summed E-state index contributed by atoms with van der Waals surface area (Å²) in [4.78, 5) is 10.8. The first kappa shape index (κ1) is 13.6. The quantitative estimate of drug-likeness (QED) is 0.620. The van der Waals surface area contributed by atoms with Crippen molar-refractivity contribution in [2.24, 2.45) is 5.10 Å². The Morgan fingerprint density at radius 1 is 1.33 bits per heavy atom. The molecular weight excluding hydrogens is 240 g/mol. The van der Waals surface area contributed by atoms with Crippen LogP contribution in [0.25, 0.3) is 0 Å². The number of carbonyl (C=O) groups is 1. The van der Waals surface area contributed by atoms with Crippen LogP contribution in [0, 0.1) is 0 Å². The largest absolute Gasteiger partial charge is 0.507 e. The molecule has 0 aliphatic rings. The molecule has 0 saturated carbocycles. The molecule has 7 heteroatoms. The molecule has 0 aliphatic heterocycles. The Labute approximate surface area is 104 Å². The Morgan fingerprint density at radius 2 is 2.06 bits per heavy atom. The molecule has 0 radical (unpaired) electrons. The van der Waals surface area contributed by atoms with Gasteiger partial charge in [-0.3, -0.25) is 0 Å². The summed E-state index contributed by atoms with van der Waals surface area (Å²) in [5.41, 5.74) is 2.41. The number of phenolic OH excluding ortho intramolecular Hbond substituents is 1. The molecule has 18 heavy (non-hydrogen) atoms. The molecule has 98 valence electrons. The first-order chi connectivity index (χ1) is 8.62. The number of benzene rings is 1. The lowest BCUT2D eigenvalue weighted by atomic mass is 10.2. The van der Waals surface area contributed by atoms with E-state index in [-0.39, 0.29) is 5.75 Å². The third-order valence-electron chi connectivity index (χ3n) is 2.08. The van der Waals surface area contributed by atoms with Gasteiger partial charge in [0.25, 0.3) is 0 Å². The van der Waals surface area contributed by atoms with E-state index in [1.54, 1.807) is 6.07 Å². The molecule has 1 rings (SSSR count). The molecule has 0 saturated heterocycles. The molecule has 0 bridgehead atoms. The zero-order valence-electron chi connectivity index (χ0n) is 10.3. The first-order valence-electron chi connectivity index (χ1n) is 4.94. The minimum atomic E-state index is -0.710. The van der Waals surface area contributed by atoms with E-state index in [0.29, 0.717) is 17.1 Å². The minimum absolute atomic E-state index is 0.0818. The molecule has 7 nitrogen and oxygen atoms in total. The van der Waals surface area contributed by atoms with Crippen LogP contribution in [-0.2, 0) is 4.74 Å². The number of hydrogen-bond donors (Lipinski definition) is 2. The topological polar surface area (TPSA) is 89.4 Å². The lowest BCUT2D eigenvalue weighted by Crippen LogP contribution is -2.16. The van der Waals surface area contributed by atoms with Crippen LogP contribution in [-0.4, -0.2) is 38.7 Å². The van der Waals surface area contributed by atoms with Crippen LogP contribution < -0.4 is 14.9 Å². The number of aromatic hydroxyl groups is 1. The lowest BCUT2D eigenvalue weighted by molar-refractivity contribution is 0.171. The fourth-order valence-electron chi connectivity index (χ4n) is 1.20. The Kier molecular flexibility index (Phi) is 4.79. The van der Waals surface area contributed by atoms with E-state index in [1.807, 2.05) is 0 Å². The highest BCUT2D eigenvalue weighted by molar-refractivity contribution is 5.88. The SMILES string of the molecule is COC(=O)N/N=C\c1c(O)cc(OC)cc1OC. The molecule has 0 fully saturated rings. The van der Waals surface area contributed by atoms with E-state index >= 15 is 0 Å². The van der Waals surface area contributed by atoms with Gasteiger partial charge in [0.15, 0.2) is 0 Å². The number of phenols is 1. The molecule has 2 N–H and O–H groups in total. The Hall–Kier alpha value is -2.44. The molecule has 0 aromatic heterocycles. The van der Waals surface area contributed by atoms with Gasteiger partial charge < -0.3 is 19.3 Å². The Balaban J connectivity index is 2.97. The van der Waals surface area contributed by atoms with Crippen molar-refractivity contribution in [3.8, 4) is 17.2 Å². The number of nitrogens with one attached hydrogen (secondary N) is 1. The van der Waals surface area contributed by atoms with Crippen LogP contribution in [0.2, 0.25) is 0 Å². The molecular formula is C11H14N2O5. The van der Waals surface area contributed by atoms with Crippen molar-refractivity contribution in [2.45, 2.75) is 0 Å². The summed E-state index contributed by atoms with van der Waals surface area (Å²) in [5, 5.41) is 13.4. The van der Waals surface area contributed by atoms with Crippen molar-refractivity contribution in [2.75, 3.05) is 21.3 Å². The van der Waals surface area contributed by atoms with Gasteiger partial charge in [-0.25, -0.2) is 10.2 Å². The number of hydrogen-bond acceptors (Lipinski definition) is 6. The van der Waals surface area contributed by atoms with E-state index in [0.717, 1.165) is 0 Å². The summed E-state index contributed by atoms with van der Waals surface area (Å²) in [6.45, 7) is 0. The number of ether oxygens (including phenoxy) is 3. The highest BCUT2D eigenvalue weighted by Crippen LogP contribution is 2.31. The predicted molar refractivity (Wildman–Crippen MR) is 64.3 cm³/mol. The van der Waals surface area contributed by atoms with Gasteiger partial charge in [0.2, 0.25) is 0 Å². The fraction of sp³-hybridized carbons (Fsp3) is 0.273. The Bertz CT molecular complexity index is 459. The van der Waals surface area contributed by atoms with Crippen molar-refractivity contribution >= 4 is 12.3 Å². The standard InChI is InChI=1S/C11H14N2O5/c1-16-7-4-9(14)8(10(5-7)17-2)6-12-13-11(15)18-3/h4-6,14H,1-3H3,(H,13,15)/b12-6-. The number of amides is 1. The predicted octanol–water partition coefficient (Wildman–Crippen LogP) is 1.10. The van der Waals surface area contributed by atoms with Gasteiger partial charge in [0.1, 0.15) is 17.2 Å². The lowest BCUT2D eigenvalue weighted by Gasteiger charge is -2.09. The number of nitrogens with zero attached hydrogens (tertiary/aromatic N) is 1. The Morgan fingerprint density at radius 3 is 2.61 bits per heavy atom. The van der Waals surface area contributed by atoms with Gasteiger partial charge in [-0.15, -0.1) is 0 Å². The summed E-state index contributed by atoms with van der Waals surface area (Å²) in [5.74, 6) is 0.728. The summed E-state index contributed by atoms with van der Waals surface area (Å²) < 4.78 is 14.4. The number of hydrazone groups is 1. The van der Waals surface area contributed by atoms with Crippen LogP contribution in [0.5, 0.6) is 17.2 Å². The van der Waals surface area contributed by atoms with E-state index in [1.165, 1.54) is 33.6 Å². The monoisotopic (exact) mass is 254 g/mol. The molecule has 0 aliphatic carbocycles. The van der Waals surface area contributed by atoms with E-state index in [4.69, 9.17) is 9.47 Å². The smallest absolute Gasteiger partial charge is 0.427 e. The van der Waals surface area contributed by atoms with Gasteiger partial charge in [0, 0.05) is 12.1 Å². The second-order valence-electron chi connectivity index (χ2n) is 3.12. The van der Waals surface area contributed by atoms with E-state index < -0.39 is 6.09 Å². The first-order valence-corrected chi connectivity index (χ1v) is 4.94. The molecule has 1 aromatic rings. The van der Waals surface area contributed by atoms with Gasteiger partial charge in [-0.2, -0.15) is 5.10 Å². The average molecular weight is 254 g/mol. The molecule has 0 spiro atoms. The number of carbonyl (C=O) groups excluding carboxylic acids is 1. The maximum Gasteiger partial charge on any atom is 0.427 e. The maximum absolute atomic E-state index is 10.8. The summed E-state index contributed by atoms with van der Waals surface area (Å²) >= 11 is 0. The van der Waals surface area contributed by atoms with Gasteiger partial charge >= 0.3 is 6.09 Å². The zero-order valence-corrected chi connectivity index (χ0v) is 10.3. The van der Waals surface area contributed by atoms with Crippen LogP contribution in [0.1, 0.15) is 5.56 Å². The second kappa shape index (κ2) is 6.33. The summed E-state index contributed by atoms with van der Waals surface area (Å²) in [6.07, 6.45) is 0.531. The second-order valence-corrected chi connectivity index (χ2v) is 3.12. The molecule has 1 amide bonds. The van der Waals surface area contributed by atoms with Gasteiger partial charge in [-0.05, 0) is 0 Å². The van der Waals surface area contributed by atoms with Crippen molar-refractivity contribution in [1.29, 1.82) is 0 Å². The fourth-order valence-corrected chi connectivity index (χ4v) is 1.20. The number of rotatable bonds is 4. The van der Waals surface area contributed by atoms with Gasteiger partial charge in [-0.1, -0.05) is 0 Å². The number of methoxy groups -OCH3 is 3. The average Bonchev–Trinajstić information content (AvgIpc) is 2.39. The van der Waals surface area contributed by atoms with Crippen LogP contribution in [0.3, 0.4) is 0 Å². The normalized spacial score (nSPS) is 10.2. The molecule has 0 heterocycles. The van der Waals surface area contributed by atoms with Crippen molar-refractivity contribution in [3.63, 3.8) is 0 Å². The zero-order chi connectivity index (χ0) is 13.5. The van der Waals surface area contributed by atoms with E-state index in [2.05, 4.69) is 15.3 Å². The highest BCUT2D eigenvalue weighted by atomic mass is 16.5. The third-order valence-corrected chi connectivity index (χ3v) is 2.08. The molecule has 1 aromatic carbocycles. The summed E-state index contributed by atoms with van der Waals surface area (Å²) in [6, 6.07) is 2.99. The maximum atomic E-state index is 10.8. The summed E-state index contributed by atoms with van der Waals surface area (Å²) in [7, 11) is 4.14. The van der Waals surface area contributed by atoms with Crippen molar-refractivity contribution in [3.05, 3.63) is 17.7 Å². The third kappa shape index (κ3) is 3.27. The molecule has 0 atom stereocenters. The van der Waals surface area contributed by atoms with Crippen LogP contribution >= 0.6 is 0 Å². The van der Waals surface area contributed by atoms with E-state index in [9.17, 15) is 9.90 Å². The van der Waals surface area contributed by atoms with Gasteiger partial charge in [0.05, 0.1) is 33.1 Å². The van der Waals surface area contributed by atoms with Crippen LogP contribution in [0.4, 0.5) is 4.79 Å². The molecule has 0 unspecified atom stereocenters. The van der Waals surface area contributed by atoms with Crippen LogP contribution in [0.15, 0.2) is 17.2 Å².